The van der Waals surface area contributed by atoms with E-state index in [1.807, 2.05) is 32.6 Å². The molecule has 0 atom stereocenters. The Hall–Kier alpha value is -1.43. The number of carbonyl (C=O) groups excluding carboxylic acids is 1. The van der Waals surface area contributed by atoms with Crippen molar-refractivity contribution in [1.82, 2.24) is 20.4 Å². The number of rotatable bonds is 5. The normalized spacial score (nSPS) is 11.9. The van der Waals surface area contributed by atoms with Gasteiger partial charge in [-0.25, -0.2) is 0 Å². The minimum Gasteiger partial charge on any atom is -0.350 e. The van der Waals surface area contributed by atoms with E-state index in [9.17, 15) is 4.79 Å². The third-order valence-electron chi connectivity index (χ3n) is 2.26. The van der Waals surface area contributed by atoms with Gasteiger partial charge < -0.3 is 9.84 Å². The standard InChI is InChI=1S/C12H22N4O2/c1-6-16(7-10(17)14-12(3,4)5)8-11-13-9(2)15-18-11/h6-8H2,1-5H3,(H,14,17). The molecule has 1 rings (SSSR count). The largest absolute Gasteiger partial charge is 0.350 e. The van der Waals surface area contributed by atoms with E-state index >= 15 is 0 Å². The van der Waals surface area contributed by atoms with E-state index in [2.05, 4.69) is 15.5 Å². The Morgan fingerprint density at radius 3 is 2.56 bits per heavy atom. The molecule has 1 aromatic rings. The van der Waals surface area contributed by atoms with Crippen LogP contribution in [0.2, 0.25) is 0 Å². The van der Waals surface area contributed by atoms with Gasteiger partial charge in [-0.3, -0.25) is 9.69 Å². The van der Waals surface area contributed by atoms with Gasteiger partial charge >= 0.3 is 0 Å². The molecular formula is C12H22N4O2. The fraction of sp³-hybridized carbons (Fsp3) is 0.750. The van der Waals surface area contributed by atoms with Crippen LogP contribution in [-0.4, -0.2) is 39.6 Å². The zero-order chi connectivity index (χ0) is 13.8. The number of aromatic nitrogens is 2. The molecule has 6 nitrogen and oxygen atoms in total. The highest BCUT2D eigenvalue weighted by molar-refractivity contribution is 5.78. The number of aryl methyl sites for hydroxylation is 1. The summed E-state index contributed by atoms with van der Waals surface area (Å²) in [5.41, 5.74) is -0.211. The summed E-state index contributed by atoms with van der Waals surface area (Å²) in [5.74, 6) is 1.15. The van der Waals surface area contributed by atoms with Crippen molar-refractivity contribution < 1.29 is 9.32 Å². The lowest BCUT2D eigenvalue weighted by molar-refractivity contribution is -0.123. The Balaban J connectivity index is 2.49. The molecular weight excluding hydrogens is 232 g/mol. The lowest BCUT2D eigenvalue weighted by Gasteiger charge is -2.23. The Bertz CT molecular complexity index is 395. The maximum atomic E-state index is 11.8. The lowest BCUT2D eigenvalue weighted by Crippen LogP contribution is -2.45. The molecule has 102 valence electrons. The zero-order valence-corrected chi connectivity index (χ0v) is 11.8. The van der Waals surface area contributed by atoms with E-state index < -0.39 is 0 Å². The van der Waals surface area contributed by atoms with E-state index in [-0.39, 0.29) is 11.4 Å². The molecule has 0 unspecified atom stereocenters. The summed E-state index contributed by atoms with van der Waals surface area (Å²) in [5, 5.41) is 6.66. The van der Waals surface area contributed by atoms with Crippen LogP contribution in [0.3, 0.4) is 0 Å². The molecule has 0 saturated carbocycles. The summed E-state index contributed by atoms with van der Waals surface area (Å²) in [7, 11) is 0. The van der Waals surface area contributed by atoms with Crippen molar-refractivity contribution in [3.63, 3.8) is 0 Å². The van der Waals surface area contributed by atoms with Crippen molar-refractivity contribution >= 4 is 5.91 Å². The smallest absolute Gasteiger partial charge is 0.240 e. The first-order chi connectivity index (χ1) is 8.30. The number of hydrogen-bond donors (Lipinski definition) is 1. The minimum atomic E-state index is -0.211. The second kappa shape index (κ2) is 5.95. The first kappa shape index (κ1) is 14.6. The third kappa shape index (κ3) is 5.27. The molecule has 0 radical (unpaired) electrons. The number of nitrogens with one attached hydrogen (secondary N) is 1. The summed E-state index contributed by atoms with van der Waals surface area (Å²) in [6.07, 6.45) is 0. The van der Waals surface area contributed by atoms with E-state index in [0.717, 1.165) is 6.54 Å². The highest BCUT2D eigenvalue weighted by Crippen LogP contribution is 2.03. The molecule has 0 saturated heterocycles. The molecule has 6 heteroatoms. The summed E-state index contributed by atoms with van der Waals surface area (Å²) < 4.78 is 5.04. The van der Waals surface area contributed by atoms with Crippen LogP contribution in [0.4, 0.5) is 0 Å². The van der Waals surface area contributed by atoms with Crippen LogP contribution in [0.5, 0.6) is 0 Å². The van der Waals surface area contributed by atoms with Gasteiger partial charge in [0.2, 0.25) is 11.8 Å². The fourth-order valence-electron chi connectivity index (χ4n) is 1.54. The molecule has 1 amide bonds. The van der Waals surface area contributed by atoms with Gasteiger partial charge in [-0.15, -0.1) is 0 Å². The van der Waals surface area contributed by atoms with Crippen molar-refractivity contribution in [2.24, 2.45) is 0 Å². The van der Waals surface area contributed by atoms with Crippen LogP contribution in [0, 0.1) is 6.92 Å². The van der Waals surface area contributed by atoms with E-state index in [1.54, 1.807) is 6.92 Å². The molecule has 0 aliphatic carbocycles. The van der Waals surface area contributed by atoms with Crippen molar-refractivity contribution in [1.29, 1.82) is 0 Å². The van der Waals surface area contributed by atoms with Gasteiger partial charge in [0.05, 0.1) is 13.1 Å². The van der Waals surface area contributed by atoms with Crippen LogP contribution in [-0.2, 0) is 11.3 Å². The van der Waals surface area contributed by atoms with E-state index in [0.29, 0.717) is 24.8 Å². The number of amides is 1. The van der Waals surface area contributed by atoms with Gasteiger partial charge in [0, 0.05) is 5.54 Å². The Morgan fingerprint density at radius 2 is 2.11 bits per heavy atom. The predicted molar refractivity (Wildman–Crippen MR) is 67.9 cm³/mol. The van der Waals surface area contributed by atoms with Gasteiger partial charge in [0.25, 0.3) is 0 Å². The second-order valence-corrected chi connectivity index (χ2v) is 5.34. The molecule has 1 N–H and O–H groups in total. The van der Waals surface area contributed by atoms with Crippen LogP contribution in [0.1, 0.15) is 39.4 Å². The first-order valence-electron chi connectivity index (χ1n) is 6.12. The van der Waals surface area contributed by atoms with Gasteiger partial charge in [-0.05, 0) is 34.2 Å². The van der Waals surface area contributed by atoms with Crippen LogP contribution in [0.15, 0.2) is 4.52 Å². The molecule has 0 aliphatic heterocycles. The Morgan fingerprint density at radius 1 is 1.44 bits per heavy atom. The second-order valence-electron chi connectivity index (χ2n) is 5.34. The average Bonchev–Trinajstić information content (AvgIpc) is 2.60. The molecule has 0 spiro atoms. The fourth-order valence-corrected chi connectivity index (χ4v) is 1.54. The third-order valence-corrected chi connectivity index (χ3v) is 2.26. The van der Waals surface area contributed by atoms with E-state index in [4.69, 9.17) is 4.52 Å². The van der Waals surface area contributed by atoms with Crippen molar-refractivity contribution in [2.45, 2.75) is 46.7 Å². The average molecular weight is 254 g/mol. The maximum absolute atomic E-state index is 11.8. The van der Waals surface area contributed by atoms with Crippen molar-refractivity contribution in [3.05, 3.63) is 11.7 Å². The lowest BCUT2D eigenvalue weighted by atomic mass is 10.1. The number of carbonyl (C=O) groups is 1. The molecule has 1 aromatic heterocycles. The maximum Gasteiger partial charge on any atom is 0.240 e. The van der Waals surface area contributed by atoms with Crippen molar-refractivity contribution in [3.8, 4) is 0 Å². The van der Waals surface area contributed by atoms with Crippen LogP contribution >= 0.6 is 0 Å². The number of nitrogens with zero attached hydrogens (tertiary/aromatic N) is 3. The minimum absolute atomic E-state index is 0.000544. The summed E-state index contributed by atoms with van der Waals surface area (Å²) in [6.45, 7) is 11.2. The summed E-state index contributed by atoms with van der Waals surface area (Å²) >= 11 is 0. The van der Waals surface area contributed by atoms with E-state index in [1.165, 1.54) is 0 Å². The van der Waals surface area contributed by atoms with Crippen LogP contribution in [0.25, 0.3) is 0 Å². The van der Waals surface area contributed by atoms with Gasteiger partial charge in [-0.2, -0.15) is 4.98 Å². The molecule has 0 fully saturated rings. The van der Waals surface area contributed by atoms with Gasteiger partial charge in [0.15, 0.2) is 5.82 Å². The Kier molecular flexibility index (Phi) is 4.84. The van der Waals surface area contributed by atoms with Crippen LogP contribution < -0.4 is 5.32 Å². The molecule has 0 aromatic carbocycles. The molecule has 0 aliphatic rings. The highest BCUT2D eigenvalue weighted by atomic mass is 16.5. The molecule has 18 heavy (non-hydrogen) atoms. The topological polar surface area (TPSA) is 71.3 Å². The highest BCUT2D eigenvalue weighted by Gasteiger charge is 2.17. The van der Waals surface area contributed by atoms with Crippen molar-refractivity contribution in [2.75, 3.05) is 13.1 Å². The number of hydrogen-bond acceptors (Lipinski definition) is 5. The van der Waals surface area contributed by atoms with Gasteiger partial charge in [-0.1, -0.05) is 12.1 Å². The Labute approximate surface area is 108 Å². The van der Waals surface area contributed by atoms with Gasteiger partial charge in [0.1, 0.15) is 0 Å². The monoisotopic (exact) mass is 254 g/mol. The molecule has 0 bridgehead atoms. The zero-order valence-electron chi connectivity index (χ0n) is 11.8. The molecule has 1 heterocycles. The summed E-state index contributed by atoms with van der Waals surface area (Å²) in [6, 6.07) is 0. The predicted octanol–water partition coefficient (Wildman–Crippen LogP) is 1.11. The number of likely N-dealkylation sites (N-methyl/N-ethyl adjacent to an activating group) is 1. The summed E-state index contributed by atoms with van der Waals surface area (Å²) in [4.78, 5) is 17.9. The SMILES string of the molecule is CCN(CC(=O)NC(C)(C)C)Cc1nc(C)no1. The first-order valence-corrected chi connectivity index (χ1v) is 6.12. The quantitative estimate of drug-likeness (QED) is 0.852.